The number of hydrogen-bond donors (Lipinski definition) is 1. The molecule has 0 amide bonds. The average molecular weight is 213 g/mol. The van der Waals surface area contributed by atoms with Crippen molar-refractivity contribution < 1.29 is 0 Å². The molecule has 2 aromatic heterocycles. The monoisotopic (exact) mass is 213 g/mol. The van der Waals surface area contributed by atoms with Gasteiger partial charge in [0.1, 0.15) is 5.82 Å². The second kappa shape index (κ2) is 4.75. The lowest BCUT2D eigenvalue weighted by Gasteiger charge is -2.06. The Kier molecular flexibility index (Phi) is 3.15. The Morgan fingerprint density at radius 2 is 1.62 bits per heavy atom. The van der Waals surface area contributed by atoms with Crippen molar-refractivity contribution in [3.8, 4) is 0 Å². The lowest BCUT2D eigenvalue weighted by atomic mass is 10.3. The van der Waals surface area contributed by atoms with Gasteiger partial charge < -0.3 is 5.32 Å². The summed E-state index contributed by atoms with van der Waals surface area (Å²) in [7, 11) is 0. The molecule has 3 nitrogen and oxygen atoms in total. The SMILES string of the molecule is Cc1cccc(CNc2cccc(C)n2)n1. The second-order valence-electron chi connectivity index (χ2n) is 3.79. The van der Waals surface area contributed by atoms with E-state index in [1.165, 1.54) is 0 Å². The first kappa shape index (κ1) is 10.6. The van der Waals surface area contributed by atoms with E-state index < -0.39 is 0 Å². The van der Waals surface area contributed by atoms with E-state index in [0.717, 1.165) is 22.9 Å². The summed E-state index contributed by atoms with van der Waals surface area (Å²) in [5.41, 5.74) is 3.09. The average Bonchev–Trinajstić information content (AvgIpc) is 2.27. The van der Waals surface area contributed by atoms with Crippen LogP contribution in [0.2, 0.25) is 0 Å². The highest BCUT2D eigenvalue weighted by atomic mass is 15.0. The Morgan fingerprint density at radius 3 is 2.31 bits per heavy atom. The predicted molar refractivity (Wildman–Crippen MR) is 65.3 cm³/mol. The van der Waals surface area contributed by atoms with Gasteiger partial charge in [0.15, 0.2) is 0 Å². The largest absolute Gasteiger partial charge is 0.364 e. The van der Waals surface area contributed by atoms with Gasteiger partial charge in [-0.15, -0.1) is 0 Å². The molecule has 2 heterocycles. The van der Waals surface area contributed by atoms with Crippen LogP contribution in [0.25, 0.3) is 0 Å². The maximum absolute atomic E-state index is 4.42. The molecule has 0 saturated carbocycles. The van der Waals surface area contributed by atoms with Crippen LogP contribution < -0.4 is 5.32 Å². The van der Waals surface area contributed by atoms with Crippen molar-refractivity contribution in [1.82, 2.24) is 9.97 Å². The van der Waals surface area contributed by atoms with Gasteiger partial charge >= 0.3 is 0 Å². The predicted octanol–water partition coefficient (Wildman–Crippen LogP) is 2.71. The maximum atomic E-state index is 4.42. The third kappa shape index (κ3) is 2.79. The zero-order valence-electron chi connectivity index (χ0n) is 9.57. The van der Waals surface area contributed by atoms with Crippen LogP contribution in [0.3, 0.4) is 0 Å². The highest BCUT2D eigenvalue weighted by molar-refractivity contribution is 5.35. The summed E-state index contributed by atoms with van der Waals surface area (Å²) in [6.45, 7) is 4.68. The highest BCUT2D eigenvalue weighted by Crippen LogP contribution is 2.06. The minimum atomic E-state index is 0.706. The molecule has 0 spiro atoms. The third-order valence-electron chi connectivity index (χ3n) is 2.28. The molecule has 0 aromatic carbocycles. The molecule has 1 N–H and O–H groups in total. The summed E-state index contributed by atoms with van der Waals surface area (Å²) >= 11 is 0. The maximum Gasteiger partial charge on any atom is 0.126 e. The fourth-order valence-corrected chi connectivity index (χ4v) is 1.52. The molecular formula is C13H15N3. The van der Waals surface area contributed by atoms with Crippen LogP contribution in [0, 0.1) is 13.8 Å². The molecule has 0 radical (unpaired) electrons. The first-order valence-corrected chi connectivity index (χ1v) is 5.34. The molecule has 3 heteroatoms. The van der Waals surface area contributed by atoms with Crippen molar-refractivity contribution in [3.05, 3.63) is 53.5 Å². The molecular weight excluding hydrogens is 198 g/mol. The number of pyridine rings is 2. The van der Waals surface area contributed by atoms with Gasteiger partial charge in [-0.25, -0.2) is 4.98 Å². The molecule has 2 aromatic rings. The number of hydrogen-bond acceptors (Lipinski definition) is 3. The molecule has 0 bridgehead atoms. The number of aromatic nitrogens is 2. The van der Waals surface area contributed by atoms with Gasteiger partial charge in [-0.1, -0.05) is 12.1 Å². The molecule has 0 unspecified atom stereocenters. The minimum Gasteiger partial charge on any atom is -0.364 e. The Bertz CT molecular complexity index is 435. The van der Waals surface area contributed by atoms with E-state index in [4.69, 9.17) is 0 Å². The van der Waals surface area contributed by atoms with Gasteiger partial charge in [0, 0.05) is 11.4 Å². The number of nitrogens with one attached hydrogen (secondary N) is 1. The minimum absolute atomic E-state index is 0.706. The first-order chi connectivity index (χ1) is 7.74. The first-order valence-electron chi connectivity index (χ1n) is 5.34. The lowest BCUT2D eigenvalue weighted by molar-refractivity contribution is 0.999. The molecule has 16 heavy (non-hydrogen) atoms. The zero-order chi connectivity index (χ0) is 11.4. The molecule has 0 aliphatic rings. The van der Waals surface area contributed by atoms with Crippen LogP contribution in [0.5, 0.6) is 0 Å². The number of aryl methyl sites for hydroxylation is 2. The molecule has 2 rings (SSSR count). The van der Waals surface area contributed by atoms with Crippen LogP contribution in [-0.2, 0) is 6.54 Å². The Morgan fingerprint density at radius 1 is 0.938 bits per heavy atom. The number of rotatable bonds is 3. The summed E-state index contributed by atoms with van der Waals surface area (Å²) in [6, 6.07) is 12.0. The van der Waals surface area contributed by atoms with Crippen LogP contribution >= 0.6 is 0 Å². The van der Waals surface area contributed by atoms with Crippen LogP contribution in [0.4, 0.5) is 5.82 Å². The van der Waals surface area contributed by atoms with Crippen molar-refractivity contribution >= 4 is 5.82 Å². The van der Waals surface area contributed by atoms with Gasteiger partial charge in [0.2, 0.25) is 0 Å². The summed E-state index contributed by atoms with van der Waals surface area (Å²) in [6.07, 6.45) is 0. The van der Waals surface area contributed by atoms with E-state index in [1.54, 1.807) is 0 Å². The van der Waals surface area contributed by atoms with E-state index >= 15 is 0 Å². The quantitative estimate of drug-likeness (QED) is 0.851. The Hall–Kier alpha value is -1.90. The summed E-state index contributed by atoms with van der Waals surface area (Å²) in [5.74, 6) is 0.892. The van der Waals surface area contributed by atoms with Crippen molar-refractivity contribution in [1.29, 1.82) is 0 Å². The zero-order valence-corrected chi connectivity index (χ0v) is 9.57. The van der Waals surface area contributed by atoms with Gasteiger partial charge in [0.25, 0.3) is 0 Å². The normalized spacial score (nSPS) is 10.1. The van der Waals surface area contributed by atoms with Crippen molar-refractivity contribution in [2.24, 2.45) is 0 Å². The molecule has 0 atom stereocenters. The number of nitrogens with zero attached hydrogens (tertiary/aromatic N) is 2. The Balaban J connectivity index is 2.02. The van der Waals surface area contributed by atoms with E-state index in [1.807, 2.05) is 50.2 Å². The molecule has 0 saturated heterocycles. The highest BCUT2D eigenvalue weighted by Gasteiger charge is 1.96. The topological polar surface area (TPSA) is 37.8 Å². The van der Waals surface area contributed by atoms with Crippen molar-refractivity contribution in [2.45, 2.75) is 20.4 Å². The van der Waals surface area contributed by atoms with Crippen molar-refractivity contribution in [3.63, 3.8) is 0 Å². The molecule has 0 fully saturated rings. The van der Waals surface area contributed by atoms with Crippen LogP contribution in [0.15, 0.2) is 36.4 Å². The molecule has 0 aliphatic carbocycles. The van der Waals surface area contributed by atoms with Crippen LogP contribution in [-0.4, -0.2) is 9.97 Å². The number of anilines is 1. The summed E-state index contributed by atoms with van der Waals surface area (Å²) < 4.78 is 0. The van der Waals surface area contributed by atoms with E-state index in [9.17, 15) is 0 Å². The fraction of sp³-hybridized carbons (Fsp3) is 0.231. The smallest absolute Gasteiger partial charge is 0.126 e. The summed E-state index contributed by atoms with van der Waals surface area (Å²) in [5, 5.41) is 3.26. The fourth-order valence-electron chi connectivity index (χ4n) is 1.52. The standard InChI is InChI=1S/C13H15N3/c1-10-5-3-7-12(15-10)9-14-13-8-4-6-11(2)16-13/h3-8H,9H2,1-2H3,(H,14,16). The van der Waals surface area contributed by atoms with Gasteiger partial charge in [-0.05, 0) is 38.1 Å². The Labute approximate surface area is 95.6 Å². The second-order valence-corrected chi connectivity index (χ2v) is 3.79. The lowest BCUT2D eigenvalue weighted by Crippen LogP contribution is -2.03. The third-order valence-corrected chi connectivity index (χ3v) is 2.28. The molecule has 0 aliphatic heterocycles. The van der Waals surface area contributed by atoms with E-state index in [-0.39, 0.29) is 0 Å². The van der Waals surface area contributed by atoms with Gasteiger partial charge in [0.05, 0.1) is 12.2 Å². The van der Waals surface area contributed by atoms with E-state index in [0.29, 0.717) is 6.54 Å². The van der Waals surface area contributed by atoms with Gasteiger partial charge in [-0.2, -0.15) is 0 Å². The summed E-state index contributed by atoms with van der Waals surface area (Å²) in [4.78, 5) is 8.79. The molecule has 82 valence electrons. The van der Waals surface area contributed by atoms with E-state index in [2.05, 4.69) is 15.3 Å². The van der Waals surface area contributed by atoms with Crippen molar-refractivity contribution in [2.75, 3.05) is 5.32 Å². The van der Waals surface area contributed by atoms with Gasteiger partial charge in [-0.3, -0.25) is 4.98 Å². The van der Waals surface area contributed by atoms with Crippen LogP contribution in [0.1, 0.15) is 17.1 Å².